The van der Waals surface area contributed by atoms with Crippen LogP contribution < -0.4 is 5.43 Å². The third kappa shape index (κ3) is 3.11. The Labute approximate surface area is 65.5 Å². The Morgan fingerprint density at radius 3 is 2.55 bits per heavy atom. The molecule has 1 rings (SSSR count). The van der Waals surface area contributed by atoms with E-state index >= 15 is 0 Å². The van der Waals surface area contributed by atoms with Gasteiger partial charge in [-0.15, -0.1) is 4.48 Å². The van der Waals surface area contributed by atoms with E-state index in [0.717, 1.165) is 5.56 Å². The predicted octanol–water partition coefficient (Wildman–Crippen LogP) is 1.51. The summed E-state index contributed by atoms with van der Waals surface area (Å²) in [6, 6.07) is 9.67. The van der Waals surface area contributed by atoms with Crippen LogP contribution in [0.3, 0.4) is 0 Å². The van der Waals surface area contributed by atoms with Crippen LogP contribution in [0.15, 0.2) is 30.3 Å². The van der Waals surface area contributed by atoms with Gasteiger partial charge >= 0.3 is 0 Å². The van der Waals surface area contributed by atoms with E-state index in [4.69, 9.17) is 0 Å². The number of halogens is 1. The van der Waals surface area contributed by atoms with Gasteiger partial charge in [-0.3, -0.25) is 0 Å². The third-order valence-electron chi connectivity index (χ3n) is 1.34. The molecule has 11 heavy (non-hydrogen) atoms. The highest BCUT2D eigenvalue weighted by Gasteiger charge is 1.92. The Hall–Kier alpha value is -0.930. The van der Waals surface area contributed by atoms with Gasteiger partial charge in [0.1, 0.15) is 0 Å². The second kappa shape index (κ2) is 4.05. The first-order valence-corrected chi connectivity index (χ1v) is 3.46. The van der Waals surface area contributed by atoms with Gasteiger partial charge in [0.2, 0.25) is 0 Å². The highest BCUT2D eigenvalue weighted by atomic mass is 19.2. The van der Waals surface area contributed by atoms with Crippen molar-refractivity contribution in [3.8, 4) is 0 Å². The van der Waals surface area contributed by atoms with Crippen LogP contribution in [-0.4, -0.2) is 12.3 Å². The minimum Gasteiger partial charge on any atom is -0.223 e. The van der Waals surface area contributed by atoms with Crippen LogP contribution in [0, 0.1) is 0 Å². The van der Waals surface area contributed by atoms with Crippen LogP contribution in [0.2, 0.25) is 0 Å². The average Bonchev–Trinajstić information content (AvgIpc) is 2.03. The van der Waals surface area contributed by atoms with Crippen molar-refractivity contribution in [2.45, 2.75) is 6.54 Å². The van der Waals surface area contributed by atoms with Gasteiger partial charge in [0.25, 0.3) is 0 Å². The minimum atomic E-state index is 0.451. The number of rotatable bonds is 3. The van der Waals surface area contributed by atoms with Crippen molar-refractivity contribution >= 4 is 0 Å². The summed E-state index contributed by atoms with van der Waals surface area (Å²) in [6.07, 6.45) is 0. The van der Waals surface area contributed by atoms with Gasteiger partial charge in [-0.25, -0.2) is 5.43 Å². The molecule has 0 aliphatic rings. The molecule has 1 aromatic carbocycles. The first-order chi connectivity index (χ1) is 5.29. The molecule has 60 valence electrons. The molecular formula is C8H11FN2. The van der Waals surface area contributed by atoms with E-state index in [1.807, 2.05) is 30.3 Å². The average molecular weight is 154 g/mol. The maximum absolute atomic E-state index is 12.1. The first-order valence-electron chi connectivity index (χ1n) is 3.46. The number of nitrogens with one attached hydrogen (secondary N) is 1. The Bertz CT molecular complexity index is 199. The molecule has 2 nitrogen and oxygen atoms in total. The number of hydrazine groups is 1. The van der Waals surface area contributed by atoms with E-state index in [1.54, 1.807) is 0 Å². The fourth-order valence-corrected chi connectivity index (χ4v) is 0.796. The SMILES string of the molecule is CN(F)NCc1ccccc1. The fraction of sp³-hybridized carbons (Fsp3) is 0.250. The van der Waals surface area contributed by atoms with Crippen LogP contribution in [0.5, 0.6) is 0 Å². The summed E-state index contributed by atoms with van der Waals surface area (Å²) in [5, 5.41) is 0.451. The third-order valence-corrected chi connectivity index (χ3v) is 1.34. The number of benzene rings is 1. The maximum Gasteiger partial charge on any atom is 0.0377 e. The molecule has 0 unspecified atom stereocenters. The summed E-state index contributed by atoms with van der Waals surface area (Å²) >= 11 is 0. The van der Waals surface area contributed by atoms with E-state index in [0.29, 0.717) is 11.8 Å². The minimum absolute atomic E-state index is 0.451. The van der Waals surface area contributed by atoms with Gasteiger partial charge in [0.15, 0.2) is 0 Å². The smallest absolute Gasteiger partial charge is 0.0377 e. The summed E-state index contributed by atoms with van der Waals surface area (Å²) in [5.74, 6) is 0. The molecule has 0 bridgehead atoms. The second-order valence-electron chi connectivity index (χ2n) is 2.30. The Balaban J connectivity index is 2.39. The molecular weight excluding hydrogens is 143 g/mol. The summed E-state index contributed by atoms with van der Waals surface area (Å²) in [4.78, 5) is 0. The van der Waals surface area contributed by atoms with Gasteiger partial charge in [-0.05, 0) is 5.56 Å². The lowest BCUT2D eigenvalue weighted by Gasteiger charge is -2.06. The van der Waals surface area contributed by atoms with Gasteiger partial charge in [0.05, 0.1) is 0 Å². The zero-order valence-electron chi connectivity index (χ0n) is 6.42. The molecule has 1 N–H and O–H groups in total. The highest BCUT2D eigenvalue weighted by Crippen LogP contribution is 1.97. The normalized spacial score (nSPS) is 10.5. The summed E-state index contributed by atoms with van der Waals surface area (Å²) in [5.41, 5.74) is 3.60. The van der Waals surface area contributed by atoms with Gasteiger partial charge < -0.3 is 0 Å². The number of hydrogen-bond acceptors (Lipinski definition) is 2. The van der Waals surface area contributed by atoms with Crippen LogP contribution in [0.4, 0.5) is 4.48 Å². The molecule has 0 radical (unpaired) electrons. The molecule has 0 spiro atoms. The Morgan fingerprint density at radius 2 is 2.00 bits per heavy atom. The molecule has 0 saturated heterocycles. The fourth-order valence-electron chi connectivity index (χ4n) is 0.796. The molecule has 1 aromatic rings. The van der Waals surface area contributed by atoms with E-state index in [9.17, 15) is 4.48 Å². The van der Waals surface area contributed by atoms with E-state index in [1.165, 1.54) is 7.05 Å². The molecule has 0 amide bonds. The molecule has 3 heteroatoms. The Morgan fingerprint density at radius 1 is 1.36 bits per heavy atom. The summed E-state index contributed by atoms with van der Waals surface area (Å²) < 4.78 is 12.1. The molecule has 0 aliphatic carbocycles. The predicted molar refractivity (Wildman–Crippen MR) is 42.2 cm³/mol. The van der Waals surface area contributed by atoms with Crippen molar-refractivity contribution in [1.82, 2.24) is 10.7 Å². The van der Waals surface area contributed by atoms with Crippen molar-refractivity contribution in [3.63, 3.8) is 0 Å². The van der Waals surface area contributed by atoms with Crippen molar-refractivity contribution < 1.29 is 4.48 Å². The lowest BCUT2D eigenvalue weighted by Crippen LogP contribution is -2.25. The van der Waals surface area contributed by atoms with E-state index in [-0.39, 0.29) is 0 Å². The van der Waals surface area contributed by atoms with Crippen LogP contribution >= 0.6 is 0 Å². The molecule has 0 fully saturated rings. The van der Waals surface area contributed by atoms with Crippen LogP contribution in [-0.2, 0) is 6.54 Å². The lowest BCUT2D eigenvalue weighted by atomic mass is 10.2. The van der Waals surface area contributed by atoms with Crippen molar-refractivity contribution in [3.05, 3.63) is 35.9 Å². The molecule has 0 aromatic heterocycles. The lowest BCUT2D eigenvalue weighted by molar-refractivity contribution is -0.00389. The van der Waals surface area contributed by atoms with Gasteiger partial charge in [0, 0.05) is 13.6 Å². The number of hydrogen-bond donors (Lipinski definition) is 1. The second-order valence-corrected chi connectivity index (χ2v) is 2.30. The van der Waals surface area contributed by atoms with Crippen molar-refractivity contribution in [2.75, 3.05) is 7.05 Å². The first kappa shape index (κ1) is 8.17. The van der Waals surface area contributed by atoms with Crippen molar-refractivity contribution in [1.29, 1.82) is 0 Å². The zero-order chi connectivity index (χ0) is 8.10. The maximum atomic E-state index is 12.1. The topological polar surface area (TPSA) is 15.3 Å². The van der Waals surface area contributed by atoms with Gasteiger partial charge in [-0.1, -0.05) is 35.6 Å². The quantitative estimate of drug-likeness (QED) is 0.524. The summed E-state index contributed by atoms with van der Waals surface area (Å²) in [6.45, 7) is 0.522. The molecule has 0 aliphatic heterocycles. The van der Waals surface area contributed by atoms with E-state index in [2.05, 4.69) is 5.43 Å². The Kier molecular flexibility index (Phi) is 3.01. The van der Waals surface area contributed by atoms with Gasteiger partial charge in [-0.2, -0.15) is 0 Å². The monoisotopic (exact) mass is 154 g/mol. The van der Waals surface area contributed by atoms with Crippen molar-refractivity contribution in [2.24, 2.45) is 0 Å². The zero-order valence-corrected chi connectivity index (χ0v) is 6.42. The van der Waals surface area contributed by atoms with E-state index < -0.39 is 0 Å². The largest absolute Gasteiger partial charge is 0.223 e. The highest BCUT2D eigenvalue weighted by molar-refractivity contribution is 5.13. The molecule has 0 heterocycles. The summed E-state index contributed by atoms with van der Waals surface area (Å²) in [7, 11) is 1.32. The molecule has 0 atom stereocenters. The standard InChI is InChI=1S/C8H11FN2/c1-11(9)10-7-8-5-3-2-4-6-8/h2-6,10H,7H2,1H3. The molecule has 0 saturated carbocycles. The van der Waals surface area contributed by atoms with Crippen LogP contribution in [0.1, 0.15) is 5.56 Å². The number of nitrogens with zero attached hydrogens (tertiary/aromatic N) is 1. The van der Waals surface area contributed by atoms with Crippen LogP contribution in [0.25, 0.3) is 0 Å².